The van der Waals surface area contributed by atoms with Gasteiger partial charge in [-0.15, -0.1) is 0 Å². The van der Waals surface area contributed by atoms with Crippen molar-refractivity contribution in [2.24, 2.45) is 16.8 Å². The molecular weight excluding hydrogens is 338 g/mol. The van der Waals surface area contributed by atoms with Crippen LogP contribution in [0, 0.1) is 18.8 Å². The molecule has 1 aromatic carbocycles. The van der Waals surface area contributed by atoms with E-state index in [1.165, 1.54) is 18.4 Å². The highest BCUT2D eigenvalue weighted by Crippen LogP contribution is 2.30. The zero-order chi connectivity index (χ0) is 19.1. The smallest absolute Gasteiger partial charge is 0.191 e. The number of ether oxygens (including phenoxy) is 1. The lowest BCUT2D eigenvalue weighted by atomic mass is 10.1. The van der Waals surface area contributed by atoms with Crippen LogP contribution >= 0.6 is 0 Å². The maximum Gasteiger partial charge on any atom is 0.191 e. The Hall–Kier alpha value is -2.50. The summed E-state index contributed by atoms with van der Waals surface area (Å²) in [7, 11) is 1.80. The normalized spacial score (nSPS) is 15.4. The van der Waals surface area contributed by atoms with Crippen LogP contribution < -0.4 is 15.4 Å². The fraction of sp³-hybridized carbons (Fsp3) is 0.524. The third kappa shape index (κ3) is 6.31. The van der Waals surface area contributed by atoms with Gasteiger partial charge < -0.3 is 15.4 Å². The van der Waals surface area contributed by atoms with Gasteiger partial charge in [0.25, 0.3) is 0 Å². The standard InChI is InChI=1S/C21H31N5O/c1-16-5-8-19(20(11-16)27-15-18-6-7-18)13-24-21(22-3)23-12-17(2)14-26-10-4-9-25-26/h4-5,8-11,17-18H,6-7,12-15H2,1-3H3,(H2,22,23,24). The van der Waals surface area contributed by atoms with Crippen molar-refractivity contribution in [3.63, 3.8) is 0 Å². The minimum absolute atomic E-state index is 0.445. The second-order valence-electron chi connectivity index (χ2n) is 7.51. The number of benzene rings is 1. The van der Waals surface area contributed by atoms with Gasteiger partial charge in [0.15, 0.2) is 5.96 Å². The molecule has 1 aromatic heterocycles. The third-order valence-corrected chi connectivity index (χ3v) is 4.74. The second-order valence-corrected chi connectivity index (χ2v) is 7.51. The first kappa shape index (κ1) is 19.3. The number of guanidine groups is 1. The van der Waals surface area contributed by atoms with Crippen LogP contribution in [0.2, 0.25) is 0 Å². The monoisotopic (exact) mass is 369 g/mol. The molecule has 1 aliphatic carbocycles. The molecule has 6 heteroatoms. The highest BCUT2D eigenvalue weighted by Gasteiger charge is 2.22. The van der Waals surface area contributed by atoms with Gasteiger partial charge in [-0.25, -0.2) is 0 Å². The molecule has 1 unspecified atom stereocenters. The molecule has 1 heterocycles. The van der Waals surface area contributed by atoms with Gasteiger partial charge in [0.2, 0.25) is 0 Å². The summed E-state index contributed by atoms with van der Waals surface area (Å²) in [5.41, 5.74) is 2.38. The predicted molar refractivity (Wildman–Crippen MR) is 109 cm³/mol. The SMILES string of the molecule is CN=C(NCc1ccc(C)cc1OCC1CC1)NCC(C)Cn1cccn1. The number of nitrogens with zero attached hydrogens (tertiary/aromatic N) is 3. The average Bonchev–Trinajstić information content (AvgIpc) is 3.36. The molecule has 2 aromatic rings. The zero-order valence-corrected chi connectivity index (χ0v) is 16.6. The Bertz CT molecular complexity index is 737. The largest absolute Gasteiger partial charge is 0.493 e. The van der Waals surface area contributed by atoms with Gasteiger partial charge in [0.05, 0.1) is 6.61 Å². The van der Waals surface area contributed by atoms with Crippen LogP contribution in [0.1, 0.15) is 30.9 Å². The summed E-state index contributed by atoms with van der Waals surface area (Å²) >= 11 is 0. The molecule has 1 aliphatic rings. The lowest BCUT2D eigenvalue weighted by Gasteiger charge is -2.17. The highest BCUT2D eigenvalue weighted by molar-refractivity contribution is 5.79. The Labute approximate surface area is 162 Å². The number of aliphatic imine (C=N–C) groups is 1. The van der Waals surface area contributed by atoms with Gasteiger partial charge in [0.1, 0.15) is 5.75 Å². The molecule has 3 rings (SSSR count). The topological polar surface area (TPSA) is 63.5 Å². The van der Waals surface area contributed by atoms with Gasteiger partial charge in [-0.3, -0.25) is 9.67 Å². The Morgan fingerprint density at radius 3 is 2.93 bits per heavy atom. The molecule has 6 nitrogen and oxygen atoms in total. The maximum atomic E-state index is 6.05. The van der Waals surface area contributed by atoms with Crippen LogP contribution in [0.25, 0.3) is 0 Å². The molecule has 0 radical (unpaired) electrons. The van der Waals surface area contributed by atoms with Gasteiger partial charge in [-0.2, -0.15) is 5.10 Å². The van der Waals surface area contributed by atoms with E-state index in [0.717, 1.165) is 42.9 Å². The Morgan fingerprint density at radius 1 is 1.37 bits per heavy atom. The number of aryl methyl sites for hydroxylation is 1. The lowest BCUT2D eigenvalue weighted by Crippen LogP contribution is -2.39. The summed E-state index contributed by atoms with van der Waals surface area (Å²) in [6, 6.07) is 8.34. The number of rotatable bonds is 9. The molecule has 1 fully saturated rings. The van der Waals surface area contributed by atoms with Crippen molar-refractivity contribution in [2.75, 3.05) is 20.2 Å². The third-order valence-electron chi connectivity index (χ3n) is 4.74. The Morgan fingerprint density at radius 2 is 2.22 bits per heavy atom. The second kappa shape index (κ2) is 9.44. The van der Waals surface area contributed by atoms with Crippen LogP contribution in [-0.2, 0) is 13.1 Å². The number of aromatic nitrogens is 2. The van der Waals surface area contributed by atoms with Crippen LogP contribution in [0.4, 0.5) is 0 Å². The molecule has 0 amide bonds. The molecule has 1 atom stereocenters. The van der Waals surface area contributed by atoms with Crippen molar-refractivity contribution < 1.29 is 4.74 Å². The molecule has 146 valence electrons. The van der Waals surface area contributed by atoms with Crippen LogP contribution in [0.15, 0.2) is 41.7 Å². The minimum Gasteiger partial charge on any atom is -0.493 e. The quantitative estimate of drug-likeness (QED) is 0.527. The fourth-order valence-electron chi connectivity index (χ4n) is 2.90. The lowest BCUT2D eigenvalue weighted by molar-refractivity contribution is 0.296. The first-order valence-corrected chi connectivity index (χ1v) is 9.78. The van der Waals surface area contributed by atoms with Crippen molar-refractivity contribution in [3.05, 3.63) is 47.8 Å². The molecule has 0 aliphatic heterocycles. The van der Waals surface area contributed by atoms with Gasteiger partial charge in [0, 0.05) is 44.6 Å². The van der Waals surface area contributed by atoms with Crippen LogP contribution in [-0.4, -0.2) is 35.9 Å². The van der Waals surface area contributed by atoms with E-state index in [2.05, 4.69) is 52.8 Å². The highest BCUT2D eigenvalue weighted by atomic mass is 16.5. The Kier molecular flexibility index (Phi) is 6.74. The number of hydrogen-bond acceptors (Lipinski definition) is 3. The van der Waals surface area contributed by atoms with E-state index < -0.39 is 0 Å². The van der Waals surface area contributed by atoms with Crippen molar-refractivity contribution in [1.82, 2.24) is 20.4 Å². The first-order chi connectivity index (χ1) is 13.1. The summed E-state index contributed by atoms with van der Waals surface area (Å²) < 4.78 is 8.01. The molecule has 0 saturated heterocycles. The number of hydrogen-bond donors (Lipinski definition) is 2. The molecule has 1 saturated carbocycles. The van der Waals surface area contributed by atoms with Crippen molar-refractivity contribution in [1.29, 1.82) is 0 Å². The van der Waals surface area contributed by atoms with E-state index in [1.54, 1.807) is 7.05 Å². The maximum absolute atomic E-state index is 6.05. The van der Waals surface area contributed by atoms with Crippen molar-refractivity contribution in [3.8, 4) is 5.75 Å². The van der Waals surface area contributed by atoms with E-state index in [4.69, 9.17) is 4.74 Å². The molecule has 0 bridgehead atoms. The van der Waals surface area contributed by atoms with E-state index >= 15 is 0 Å². The average molecular weight is 370 g/mol. The molecular formula is C21H31N5O. The summed E-state index contributed by atoms with van der Waals surface area (Å²) in [5, 5.41) is 11.1. The van der Waals surface area contributed by atoms with Crippen LogP contribution in [0.3, 0.4) is 0 Å². The molecule has 27 heavy (non-hydrogen) atoms. The first-order valence-electron chi connectivity index (χ1n) is 9.78. The predicted octanol–water partition coefficient (Wildman–Crippen LogP) is 2.98. The van der Waals surface area contributed by atoms with E-state index in [0.29, 0.717) is 12.5 Å². The van der Waals surface area contributed by atoms with E-state index in [9.17, 15) is 0 Å². The van der Waals surface area contributed by atoms with E-state index in [-0.39, 0.29) is 0 Å². The van der Waals surface area contributed by atoms with E-state index in [1.807, 2.05) is 23.1 Å². The Balaban J connectivity index is 1.48. The summed E-state index contributed by atoms with van der Waals surface area (Å²) in [5.74, 6) is 2.98. The van der Waals surface area contributed by atoms with Crippen molar-refractivity contribution in [2.45, 2.75) is 39.8 Å². The van der Waals surface area contributed by atoms with Crippen molar-refractivity contribution >= 4 is 5.96 Å². The van der Waals surface area contributed by atoms with Gasteiger partial charge in [-0.1, -0.05) is 19.1 Å². The zero-order valence-electron chi connectivity index (χ0n) is 16.6. The van der Waals surface area contributed by atoms with Crippen LogP contribution in [0.5, 0.6) is 5.75 Å². The summed E-state index contributed by atoms with van der Waals surface area (Å²) in [6.45, 7) is 7.53. The minimum atomic E-state index is 0.445. The fourth-order valence-corrected chi connectivity index (χ4v) is 2.90. The van der Waals surface area contributed by atoms with Gasteiger partial charge in [-0.05, 0) is 49.3 Å². The number of nitrogens with one attached hydrogen (secondary N) is 2. The summed E-state index contributed by atoms with van der Waals surface area (Å²) in [6.07, 6.45) is 6.40. The van der Waals surface area contributed by atoms with Gasteiger partial charge >= 0.3 is 0 Å². The molecule has 2 N–H and O–H groups in total. The summed E-state index contributed by atoms with van der Waals surface area (Å²) in [4.78, 5) is 4.33. The molecule has 0 spiro atoms.